The number of quaternary nitrogens is 2. The van der Waals surface area contributed by atoms with Crippen molar-refractivity contribution >= 4 is 15.6 Å². The molecule has 3 rings (SSSR count). The van der Waals surface area contributed by atoms with Gasteiger partial charge in [-0.15, -0.1) is 0 Å². The van der Waals surface area contributed by atoms with Crippen LogP contribution in [0.3, 0.4) is 0 Å². The van der Waals surface area contributed by atoms with Gasteiger partial charge in [0.1, 0.15) is 36.6 Å². The molecule has 68 heavy (non-hydrogen) atoms. The number of H-pyrrole nitrogens is 1. The number of aromatic nitrogens is 2. The summed E-state index contributed by atoms with van der Waals surface area (Å²) in [4.78, 5) is 48.7. The van der Waals surface area contributed by atoms with E-state index in [1.807, 2.05) is 4.98 Å². The first-order valence-corrected chi connectivity index (χ1v) is 28.5. The van der Waals surface area contributed by atoms with Crippen molar-refractivity contribution in [2.45, 2.75) is 207 Å². The van der Waals surface area contributed by atoms with Gasteiger partial charge in [0.2, 0.25) is 0 Å². The number of hydrogen-bond acceptors (Lipinski definition) is 16. The molecule has 1 aromatic rings. The standard InChI is InChI=1S/2C16H36N.C14H22N2O16P2/c2*1-5-9-13-17(14-10-6-2,15-11-7-3)16-12-8-4;17-5-3-28-13(11(22)8(5)19)31-34(26,27)32-33(24,25)29-4-6-9(20)10(21)12(30-6)16-2-1-7(18)15-14(16)23/h2*5-16H2,1-4H3;1-2,5-6,8-13,17,19-22H,3-4H2,(H,24,25)(H,26,27)(H,15,18,23)/q2*+1;/p-2/t;;5-,6+,8-,9+,10+,11+,12+,13?/m..0/s1. The fourth-order valence-electron chi connectivity index (χ4n) is 8.34. The lowest BCUT2D eigenvalue weighted by Crippen LogP contribution is -2.53. The summed E-state index contributed by atoms with van der Waals surface area (Å²) < 4.78 is 49.6. The molecule has 2 fully saturated rings. The molecule has 0 spiro atoms. The zero-order valence-corrected chi connectivity index (χ0v) is 44.4. The molecular formula is C46H92N4O16P2. The van der Waals surface area contributed by atoms with Gasteiger partial charge in [-0.2, -0.15) is 0 Å². The van der Waals surface area contributed by atoms with Crippen molar-refractivity contribution < 1.29 is 76.2 Å². The molecule has 3 heterocycles. The number of phosphoric acid groups is 2. The molecule has 20 nitrogen and oxygen atoms in total. The lowest BCUT2D eigenvalue weighted by atomic mass is 10.1. The predicted octanol–water partition coefficient (Wildman–Crippen LogP) is 4.59. The number of nitrogens with one attached hydrogen (secondary N) is 1. The van der Waals surface area contributed by atoms with Crippen LogP contribution in [0, 0.1) is 0 Å². The molecule has 6 N–H and O–H groups in total. The zero-order valence-electron chi connectivity index (χ0n) is 42.6. The predicted molar refractivity (Wildman–Crippen MR) is 257 cm³/mol. The number of aliphatic hydroxyl groups is 5. The van der Waals surface area contributed by atoms with Crippen LogP contribution in [0.15, 0.2) is 21.9 Å². The highest BCUT2D eigenvalue weighted by Crippen LogP contribution is 2.56. The highest BCUT2D eigenvalue weighted by Gasteiger charge is 2.45. The third-order valence-electron chi connectivity index (χ3n) is 12.6. The summed E-state index contributed by atoms with van der Waals surface area (Å²) in [5.41, 5.74) is -1.75. The minimum atomic E-state index is -5.79. The van der Waals surface area contributed by atoms with E-state index in [-0.39, 0.29) is 0 Å². The Morgan fingerprint density at radius 2 is 1.03 bits per heavy atom. The summed E-state index contributed by atoms with van der Waals surface area (Å²) in [6, 6.07) is 0.922. The van der Waals surface area contributed by atoms with Crippen LogP contribution in [0.5, 0.6) is 0 Å². The summed E-state index contributed by atoms with van der Waals surface area (Å²) in [6.07, 6.45) is 8.75. The number of hydrogen-bond donors (Lipinski definition) is 6. The van der Waals surface area contributed by atoms with Crippen LogP contribution in [0.2, 0.25) is 0 Å². The minimum absolute atomic E-state index is 0.646. The molecule has 0 bridgehead atoms. The summed E-state index contributed by atoms with van der Waals surface area (Å²) in [6.45, 7) is 28.3. The van der Waals surface area contributed by atoms with Gasteiger partial charge in [-0.1, -0.05) is 107 Å². The second-order valence-electron chi connectivity index (χ2n) is 18.5. The van der Waals surface area contributed by atoms with Gasteiger partial charge in [0.05, 0.1) is 65.6 Å². The Labute approximate surface area is 406 Å². The Hall–Kier alpha value is -1.42. The minimum Gasteiger partial charge on any atom is -0.756 e. The number of rotatable bonds is 32. The van der Waals surface area contributed by atoms with E-state index < -0.39 is 89.2 Å². The van der Waals surface area contributed by atoms with Crippen LogP contribution in [0.4, 0.5) is 0 Å². The highest BCUT2D eigenvalue weighted by molar-refractivity contribution is 7.59. The van der Waals surface area contributed by atoms with Crippen molar-refractivity contribution in [2.75, 3.05) is 65.6 Å². The van der Waals surface area contributed by atoms with Crippen molar-refractivity contribution in [3.63, 3.8) is 0 Å². The average molecular weight is 1020 g/mol. The zero-order chi connectivity index (χ0) is 51.4. The van der Waals surface area contributed by atoms with Crippen LogP contribution in [-0.2, 0) is 32.0 Å². The normalized spacial score (nSPS) is 24.9. The number of unbranched alkanes of at least 4 members (excludes halogenated alkanes) is 8. The fraction of sp³-hybridized carbons (Fsp3) is 0.913. The third kappa shape index (κ3) is 23.4. The van der Waals surface area contributed by atoms with Gasteiger partial charge < -0.3 is 58.3 Å². The Morgan fingerprint density at radius 3 is 1.40 bits per heavy atom. The maximum Gasteiger partial charge on any atom is 0.330 e. The van der Waals surface area contributed by atoms with Crippen LogP contribution in [-0.4, -0.2) is 153 Å². The number of aliphatic hydroxyl groups excluding tert-OH is 5. The monoisotopic (exact) mass is 1020 g/mol. The molecule has 402 valence electrons. The van der Waals surface area contributed by atoms with Crippen molar-refractivity contribution in [2.24, 2.45) is 0 Å². The van der Waals surface area contributed by atoms with Gasteiger partial charge in [-0.05, 0) is 51.4 Å². The summed E-state index contributed by atoms with van der Waals surface area (Å²) in [5.74, 6) is 0. The maximum atomic E-state index is 11.9. The van der Waals surface area contributed by atoms with Crippen molar-refractivity contribution in [3.05, 3.63) is 33.1 Å². The molecule has 3 unspecified atom stereocenters. The second-order valence-corrected chi connectivity index (χ2v) is 21.4. The van der Waals surface area contributed by atoms with Crippen LogP contribution < -0.4 is 21.0 Å². The van der Waals surface area contributed by atoms with E-state index in [1.54, 1.807) is 0 Å². The van der Waals surface area contributed by atoms with Gasteiger partial charge in [0, 0.05) is 12.3 Å². The van der Waals surface area contributed by atoms with Gasteiger partial charge in [-0.25, -0.2) is 9.11 Å². The molecule has 2 aliphatic heterocycles. The number of nitrogens with zero attached hydrogens (tertiary/aromatic N) is 3. The molecule has 0 amide bonds. The molecular weight excluding hydrogens is 926 g/mol. The Balaban J connectivity index is 0.000000573. The number of aromatic amines is 1. The van der Waals surface area contributed by atoms with E-state index in [1.165, 1.54) is 164 Å². The largest absolute Gasteiger partial charge is 0.756 e. The van der Waals surface area contributed by atoms with Gasteiger partial charge >= 0.3 is 5.69 Å². The average Bonchev–Trinajstić information content (AvgIpc) is 3.59. The number of ether oxygens (including phenoxy) is 2. The van der Waals surface area contributed by atoms with Crippen molar-refractivity contribution in [1.29, 1.82) is 0 Å². The van der Waals surface area contributed by atoms with Gasteiger partial charge in [0.15, 0.2) is 12.5 Å². The first-order valence-electron chi connectivity index (χ1n) is 25.5. The second kappa shape index (κ2) is 34.1. The lowest BCUT2D eigenvalue weighted by molar-refractivity contribution is -0.929. The quantitative estimate of drug-likeness (QED) is 0.0425. The first-order chi connectivity index (χ1) is 32.2. The van der Waals surface area contributed by atoms with E-state index in [0.717, 1.165) is 12.3 Å². The highest BCUT2D eigenvalue weighted by atomic mass is 31.3. The van der Waals surface area contributed by atoms with Crippen LogP contribution >= 0.6 is 15.6 Å². The molecule has 2 saturated heterocycles. The van der Waals surface area contributed by atoms with Gasteiger partial charge in [-0.3, -0.25) is 28.0 Å². The summed E-state index contributed by atoms with van der Waals surface area (Å²) >= 11 is 0. The molecule has 0 radical (unpaired) electrons. The lowest BCUT2D eigenvalue weighted by Gasteiger charge is -2.39. The van der Waals surface area contributed by atoms with E-state index in [9.17, 15) is 54.0 Å². The molecule has 0 aromatic carbocycles. The Bertz CT molecular complexity index is 1580. The van der Waals surface area contributed by atoms with Crippen LogP contribution in [0.25, 0.3) is 0 Å². The van der Waals surface area contributed by atoms with E-state index in [2.05, 4.69) is 73.5 Å². The van der Waals surface area contributed by atoms with E-state index >= 15 is 0 Å². The van der Waals surface area contributed by atoms with E-state index in [4.69, 9.17) is 4.74 Å². The number of phosphoric ester groups is 2. The summed E-state index contributed by atoms with van der Waals surface area (Å²) in [7, 11) is -11.5. The van der Waals surface area contributed by atoms with Crippen molar-refractivity contribution in [1.82, 2.24) is 9.55 Å². The Kier molecular flexibility index (Phi) is 32.4. The molecule has 1 aromatic heterocycles. The SMILES string of the molecule is CCCC[N+](CCCC)(CCCC)CCCC.CCCC[N+](CCCC)(CCCC)CCCC.O=c1ccn([C@@H]2O[C@H](COP(=O)([O-])OP(=O)([O-])OC3OC[C@H](O)[C@H](O)[C@H]3O)[C@@H](O)[C@H]2O)c(=O)[nH]1. The van der Waals surface area contributed by atoms with E-state index in [0.29, 0.717) is 4.57 Å². The molecule has 22 heteroatoms. The summed E-state index contributed by atoms with van der Waals surface area (Å²) in [5, 5.41) is 48.6. The third-order valence-corrected chi connectivity index (χ3v) is 15.2. The maximum absolute atomic E-state index is 11.9. The first kappa shape index (κ1) is 64.6. The van der Waals surface area contributed by atoms with Crippen LogP contribution in [0.1, 0.15) is 164 Å². The molecule has 0 saturated carbocycles. The molecule has 2 aliphatic rings. The topological polar surface area (TPSA) is 282 Å². The molecule has 10 atom stereocenters. The molecule has 0 aliphatic carbocycles. The Morgan fingerprint density at radius 1 is 0.632 bits per heavy atom. The smallest absolute Gasteiger partial charge is 0.330 e. The van der Waals surface area contributed by atoms with Gasteiger partial charge in [0.25, 0.3) is 21.2 Å². The van der Waals surface area contributed by atoms with Crippen molar-refractivity contribution in [3.8, 4) is 0 Å². The fourth-order valence-corrected chi connectivity index (χ4v) is 10.4.